The standard InChI is InChI=1S/C18H22N2O4S/c1-11-4-5-12(2)18(13(11)3)24-7-6-19-15(21)9-16-20-14(10-25-16)8-17(22)23/h4-5,10H,6-9H2,1-3H3,(H,19,21)(H,22,23)/p-1. The highest BCUT2D eigenvalue weighted by atomic mass is 32.1. The van der Waals surface area contributed by atoms with Crippen LogP contribution >= 0.6 is 11.3 Å². The maximum atomic E-state index is 11.9. The van der Waals surface area contributed by atoms with Gasteiger partial charge in [-0.3, -0.25) is 4.79 Å². The van der Waals surface area contributed by atoms with E-state index in [-0.39, 0.29) is 18.7 Å². The molecule has 0 bridgehead atoms. The predicted molar refractivity (Wildman–Crippen MR) is 93.7 cm³/mol. The van der Waals surface area contributed by atoms with E-state index >= 15 is 0 Å². The van der Waals surface area contributed by atoms with E-state index in [0.717, 1.165) is 16.9 Å². The van der Waals surface area contributed by atoms with Crippen molar-refractivity contribution >= 4 is 23.2 Å². The van der Waals surface area contributed by atoms with Crippen molar-refractivity contribution in [3.8, 4) is 5.75 Å². The Morgan fingerprint density at radius 1 is 1.20 bits per heavy atom. The number of aliphatic carboxylic acids is 1. The number of carboxylic acids is 1. The first kappa shape index (κ1) is 18.9. The molecule has 2 aromatic rings. The molecule has 1 aromatic carbocycles. The summed E-state index contributed by atoms with van der Waals surface area (Å²) in [5.74, 6) is -0.489. The van der Waals surface area contributed by atoms with E-state index in [2.05, 4.69) is 16.4 Å². The van der Waals surface area contributed by atoms with Crippen molar-refractivity contribution in [2.75, 3.05) is 13.2 Å². The van der Waals surface area contributed by atoms with Crippen LogP contribution in [0, 0.1) is 20.8 Å². The zero-order valence-corrected chi connectivity index (χ0v) is 15.4. The number of hydrogen-bond donors (Lipinski definition) is 1. The second-order valence-corrected chi connectivity index (χ2v) is 6.75. The molecule has 0 aliphatic heterocycles. The Bertz CT molecular complexity index is 770. The minimum atomic E-state index is -1.18. The number of rotatable bonds is 8. The molecule has 2 rings (SSSR count). The maximum absolute atomic E-state index is 11.9. The van der Waals surface area contributed by atoms with Gasteiger partial charge in [0.1, 0.15) is 17.4 Å². The zero-order chi connectivity index (χ0) is 18.4. The fourth-order valence-corrected chi connectivity index (χ4v) is 3.14. The second kappa shape index (κ2) is 8.62. The van der Waals surface area contributed by atoms with Crippen LogP contribution in [0.5, 0.6) is 5.75 Å². The summed E-state index contributed by atoms with van der Waals surface area (Å²) in [4.78, 5) is 26.5. The Hall–Kier alpha value is -2.41. The molecule has 1 amide bonds. The van der Waals surface area contributed by atoms with Crippen LogP contribution in [0.4, 0.5) is 0 Å². The van der Waals surface area contributed by atoms with E-state index in [0.29, 0.717) is 23.9 Å². The average Bonchev–Trinajstić information content (AvgIpc) is 2.96. The van der Waals surface area contributed by atoms with E-state index in [9.17, 15) is 14.7 Å². The zero-order valence-electron chi connectivity index (χ0n) is 14.5. The molecule has 0 radical (unpaired) electrons. The normalized spacial score (nSPS) is 10.5. The highest BCUT2D eigenvalue weighted by Gasteiger charge is 2.09. The number of carbonyl (C=O) groups excluding carboxylic acids is 2. The molecule has 1 heterocycles. The molecular weight excluding hydrogens is 340 g/mol. The SMILES string of the molecule is Cc1ccc(C)c(OCCNC(=O)Cc2nc(CC(=O)[O-])cs2)c1C. The van der Waals surface area contributed by atoms with E-state index in [1.165, 1.54) is 16.9 Å². The number of benzene rings is 1. The number of aryl methyl sites for hydroxylation is 2. The topological polar surface area (TPSA) is 91.3 Å². The Balaban J connectivity index is 1.77. The smallest absolute Gasteiger partial charge is 0.226 e. The minimum Gasteiger partial charge on any atom is -0.550 e. The number of ether oxygens (including phenoxy) is 1. The molecule has 0 unspecified atom stereocenters. The van der Waals surface area contributed by atoms with Crippen LogP contribution < -0.4 is 15.2 Å². The lowest BCUT2D eigenvalue weighted by Crippen LogP contribution is -2.29. The lowest BCUT2D eigenvalue weighted by atomic mass is 10.1. The summed E-state index contributed by atoms with van der Waals surface area (Å²) >= 11 is 1.27. The summed E-state index contributed by atoms with van der Waals surface area (Å²) in [5, 5.41) is 15.5. The third-order valence-corrected chi connectivity index (χ3v) is 4.68. The molecule has 0 saturated heterocycles. The predicted octanol–water partition coefficient (Wildman–Crippen LogP) is 1.10. The number of hydrogen-bond acceptors (Lipinski definition) is 6. The quantitative estimate of drug-likeness (QED) is 0.711. The Morgan fingerprint density at radius 2 is 1.92 bits per heavy atom. The van der Waals surface area contributed by atoms with E-state index in [1.54, 1.807) is 5.38 Å². The third kappa shape index (κ3) is 5.56. The van der Waals surface area contributed by atoms with Crippen LogP contribution in [-0.4, -0.2) is 30.0 Å². The lowest BCUT2D eigenvalue weighted by molar-refractivity contribution is -0.304. The third-order valence-electron chi connectivity index (χ3n) is 3.78. The van der Waals surface area contributed by atoms with Gasteiger partial charge in [0.2, 0.25) is 5.91 Å². The van der Waals surface area contributed by atoms with Crippen molar-refractivity contribution in [2.45, 2.75) is 33.6 Å². The number of carbonyl (C=O) groups is 2. The van der Waals surface area contributed by atoms with E-state index in [4.69, 9.17) is 4.74 Å². The summed E-state index contributed by atoms with van der Waals surface area (Å²) in [6, 6.07) is 4.07. The van der Waals surface area contributed by atoms with Crippen molar-refractivity contribution in [2.24, 2.45) is 0 Å². The summed E-state index contributed by atoms with van der Waals surface area (Å²) in [6.07, 6.45) is -0.110. The van der Waals surface area contributed by atoms with Crippen LogP contribution in [0.1, 0.15) is 27.4 Å². The van der Waals surface area contributed by atoms with Crippen LogP contribution in [0.15, 0.2) is 17.5 Å². The van der Waals surface area contributed by atoms with Gasteiger partial charge in [0, 0.05) is 17.8 Å². The van der Waals surface area contributed by atoms with Crippen LogP contribution in [0.3, 0.4) is 0 Å². The maximum Gasteiger partial charge on any atom is 0.226 e. The molecule has 0 spiro atoms. The van der Waals surface area contributed by atoms with Crippen molar-refractivity contribution < 1.29 is 19.4 Å². The number of nitrogens with zero attached hydrogens (tertiary/aromatic N) is 1. The molecule has 0 saturated carbocycles. The molecule has 25 heavy (non-hydrogen) atoms. The first-order chi connectivity index (χ1) is 11.9. The average molecular weight is 361 g/mol. The fourth-order valence-electron chi connectivity index (χ4n) is 2.35. The van der Waals surface area contributed by atoms with Gasteiger partial charge in [0.15, 0.2) is 0 Å². The van der Waals surface area contributed by atoms with Gasteiger partial charge in [-0.1, -0.05) is 12.1 Å². The second-order valence-electron chi connectivity index (χ2n) is 5.81. The number of thiazole rings is 1. The first-order valence-electron chi connectivity index (χ1n) is 7.96. The minimum absolute atomic E-state index is 0.125. The Morgan fingerprint density at radius 3 is 2.64 bits per heavy atom. The van der Waals surface area contributed by atoms with Crippen LogP contribution in [-0.2, 0) is 22.4 Å². The molecule has 0 aliphatic carbocycles. The number of aromatic nitrogens is 1. The largest absolute Gasteiger partial charge is 0.550 e. The molecular formula is C18H21N2O4S-. The number of nitrogens with one attached hydrogen (secondary N) is 1. The van der Waals surface area contributed by atoms with Crippen LogP contribution in [0.2, 0.25) is 0 Å². The molecule has 134 valence electrons. The van der Waals surface area contributed by atoms with Crippen molar-refractivity contribution in [3.63, 3.8) is 0 Å². The van der Waals surface area contributed by atoms with Gasteiger partial charge in [0.25, 0.3) is 0 Å². The fraction of sp³-hybridized carbons (Fsp3) is 0.389. The molecule has 1 aromatic heterocycles. The van der Waals surface area contributed by atoms with Gasteiger partial charge >= 0.3 is 0 Å². The number of amides is 1. The monoisotopic (exact) mass is 361 g/mol. The van der Waals surface area contributed by atoms with Gasteiger partial charge in [0.05, 0.1) is 18.7 Å². The summed E-state index contributed by atoms with van der Waals surface area (Å²) in [5.41, 5.74) is 3.76. The summed E-state index contributed by atoms with van der Waals surface area (Å²) < 4.78 is 5.80. The highest BCUT2D eigenvalue weighted by molar-refractivity contribution is 7.09. The van der Waals surface area contributed by atoms with E-state index < -0.39 is 5.97 Å². The van der Waals surface area contributed by atoms with Crippen molar-refractivity contribution in [1.29, 1.82) is 0 Å². The summed E-state index contributed by atoms with van der Waals surface area (Å²) in [7, 11) is 0. The van der Waals surface area contributed by atoms with Gasteiger partial charge in [-0.15, -0.1) is 11.3 Å². The molecule has 7 heteroatoms. The van der Waals surface area contributed by atoms with Gasteiger partial charge in [-0.25, -0.2) is 4.98 Å². The van der Waals surface area contributed by atoms with Crippen LogP contribution in [0.25, 0.3) is 0 Å². The Kier molecular flexibility index (Phi) is 6.52. The highest BCUT2D eigenvalue weighted by Crippen LogP contribution is 2.25. The molecule has 1 N–H and O–H groups in total. The summed E-state index contributed by atoms with van der Waals surface area (Å²) in [6.45, 7) is 6.82. The Labute approximate surface area is 150 Å². The van der Waals surface area contributed by atoms with Crippen molar-refractivity contribution in [1.82, 2.24) is 10.3 Å². The van der Waals surface area contributed by atoms with Gasteiger partial charge < -0.3 is 20.0 Å². The molecule has 0 atom stereocenters. The first-order valence-corrected chi connectivity index (χ1v) is 8.84. The molecule has 0 fully saturated rings. The molecule has 6 nitrogen and oxygen atoms in total. The van der Waals surface area contributed by atoms with Crippen molar-refractivity contribution in [3.05, 3.63) is 44.9 Å². The van der Waals surface area contributed by atoms with E-state index in [1.807, 2.05) is 26.8 Å². The van der Waals surface area contributed by atoms with Gasteiger partial charge in [-0.2, -0.15) is 0 Å². The number of carboxylic acid groups (broad SMARTS) is 1. The lowest BCUT2D eigenvalue weighted by Gasteiger charge is -2.14. The molecule has 0 aliphatic rings. The van der Waals surface area contributed by atoms with Gasteiger partial charge in [-0.05, 0) is 37.5 Å².